The van der Waals surface area contributed by atoms with Crippen molar-refractivity contribution in [2.45, 2.75) is 43.7 Å². The van der Waals surface area contributed by atoms with Crippen molar-refractivity contribution in [1.29, 1.82) is 0 Å². The van der Waals surface area contributed by atoms with E-state index in [0.29, 0.717) is 37.1 Å². The van der Waals surface area contributed by atoms with Crippen LogP contribution in [0.4, 0.5) is 0 Å². The highest BCUT2D eigenvalue weighted by atomic mass is 28.4. The van der Waals surface area contributed by atoms with Crippen LogP contribution in [0.15, 0.2) is 24.3 Å². The maximum absolute atomic E-state index is 12.5. The number of aliphatic carboxylic acids is 1. The number of ketones is 1. The van der Waals surface area contributed by atoms with E-state index in [9.17, 15) is 19.8 Å². The summed E-state index contributed by atoms with van der Waals surface area (Å²) < 4.78 is 5.01. The highest BCUT2D eigenvalue weighted by Gasteiger charge is 2.49. The summed E-state index contributed by atoms with van der Waals surface area (Å²) in [5.41, 5.74) is 3.52. The van der Waals surface area contributed by atoms with Crippen LogP contribution in [-0.2, 0) is 4.79 Å². The summed E-state index contributed by atoms with van der Waals surface area (Å²) in [6.07, 6.45) is 2.36. The Labute approximate surface area is 164 Å². The van der Waals surface area contributed by atoms with E-state index in [1.807, 2.05) is 0 Å². The number of carbonyl (C=O) groups excluding carboxylic acids is 1. The lowest BCUT2D eigenvalue weighted by Gasteiger charge is -2.36. The molecule has 1 aromatic carbocycles. The van der Waals surface area contributed by atoms with Gasteiger partial charge in [-0.1, -0.05) is 12.8 Å². The van der Waals surface area contributed by atoms with Crippen LogP contribution in [0.3, 0.4) is 0 Å². The molecule has 0 heterocycles. The zero-order chi connectivity index (χ0) is 21.4. The first-order valence-corrected chi connectivity index (χ1v) is 11.1. The SMILES string of the molecule is COc1ccc(C(=O)C2(O)CCCCC2C(=O)O)cc1.NCCC[Si](O)(O)O. The number of aliphatic hydroxyl groups is 1. The second-order valence-electron chi connectivity index (χ2n) is 6.79. The maximum atomic E-state index is 12.5. The van der Waals surface area contributed by atoms with Crippen LogP contribution < -0.4 is 10.5 Å². The van der Waals surface area contributed by atoms with Crippen molar-refractivity contribution in [2.75, 3.05) is 13.7 Å². The second-order valence-corrected chi connectivity index (χ2v) is 8.83. The first kappa shape index (κ1) is 24.2. The molecule has 10 heteroatoms. The predicted molar refractivity (Wildman–Crippen MR) is 103 cm³/mol. The molecule has 0 aromatic heterocycles. The zero-order valence-corrected chi connectivity index (χ0v) is 16.9. The zero-order valence-electron chi connectivity index (χ0n) is 15.9. The van der Waals surface area contributed by atoms with Crippen LogP contribution in [0.5, 0.6) is 5.75 Å². The van der Waals surface area contributed by atoms with Gasteiger partial charge in [-0.05, 0) is 50.1 Å². The van der Waals surface area contributed by atoms with E-state index < -0.39 is 32.1 Å². The Balaban J connectivity index is 0.000000416. The third kappa shape index (κ3) is 6.97. The van der Waals surface area contributed by atoms with Crippen LogP contribution in [0.1, 0.15) is 42.5 Å². The molecule has 0 radical (unpaired) electrons. The summed E-state index contributed by atoms with van der Waals surface area (Å²) in [7, 11) is -2.24. The average molecular weight is 416 g/mol. The van der Waals surface area contributed by atoms with Gasteiger partial charge in [-0.25, -0.2) is 0 Å². The molecule has 0 bridgehead atoms. The molecule has 0 amide bonds. The molecule has 1 aliphatic carbocycles. The fraction of sp³-hybridized carbons (Fsp3) is 0.556. The van der Waals surface area contributed by atoms with Gasteiger partial charge < -0.3 is 35.1 Å². The predicted octanol–water partition coefficient (Wildman–Crippen LogP) is 0.135. The molecule has 7 N–H and O–H groups in total. The van der Waals surface area contributed by atoms with Crippen molar-refractivity contribution in [3.8, 4) is 5.75 Å². The number of ether oxygens (including phenoxy) is 1. The van der Waals surface area contributed by atoms with Gasteiger partial charge in [0, 0.05) is 11.6 Å². The Morgan fingerprint density at radius 3 is 2.25 bits per heavy atom. The normalized spacial score (nSPS) is 22.0. The van der Waals surface area contributed by atoms with Gasteiger partial charge in [0.25, 0.3) is 0 Å². The lowest BCUT2D eigenvalue weighted by atomic mass is 9.71. The lowest BCUT2D eigenvalue weighted by Crippen LogP contribution is -2.51. The Bertz CT molecular complexity index is 646. The standard InChI is InChI=1S/C15H18O5.C3H11NO3Si/c1-20-11-7-5-10(6-8-11)13(16)15(19)9-3-2-4-12(15)14(17)18;4-2-1-3-8(5,6)7/h5-8,12,19H,2-4,9H2,1H3,(H,17,18);5-7H,1-4H2. The molecular formula is C18H29NO8Si. The molecule has 0 spiro atoms. The minimum absolute atomic E-state index is 0.0451. The minimum atomic E-state index is -3.76. The molecule has 1 fully saturated rings. The molecule has 1 aliphatic rings. The van der Waals surface area contributed by atoms with Crippen molar-refractivity contribution >= 4 is 20.6 Å². The highest BCUT2D eigenvalue weighted by molar-refractivity contribution is 6.56. The summed E-state index contributed by atoms with van der Waals surface area (Å²) in [6, 6.07) is 6.38. The monoisotopic (exact) mass is 415 g/mol. The maximum Gasteiger partial charge on any atom is 0.492 e. The van der Waals surface area contributed by atoms with Crippen LogP contribution in [0, 0.1) is 5.92 Å². The Hall–Kier alpha value is -1.82. The molecule has 9 nitrogen and oxygen atoms in total. The highest BCUT2D eigenvalue weighted by Crippen LogP contribution is 2.36. The summed E-state index contributed by atoms with van der Waals surface area (Å²) in [4.78, 5) is 48.8. The van der Waals surface area contributed by atoms with Crippen LogP contribution >= 0.6 is 0 Å². The van der Waals surface area contributed by atoms with Gasteiger partial charge in [-0.3, -0.25) is 9.59 Å². The summed E-state index contributed by atoms with van der Waals surface area (Å²) in [5.74, 6) is -2.07. The molecule has 0 saturated heterocycles. The van der Waals surface area contributed by atoms with Gasteiger partial charge in [-0.2, -0.15) is 0 Å². The van der Waals surface area contributed by atoms with E-state index in [1.165, 1.54) is 7.11 Å². The first-order chi connectivity index (χ1) is 13.0. The quantitative estimate of drug-likeness (QED) is 0.267. The molecule has 1 aromatic rings. The Morgan fingerprint density at radius 2 is 1.82 bits per heavy atom. The number of carboxylic acid groups (broad SMARTS) is 1. The van der Waals surface area contributed by atoms with Gasteiger partial charge in [0.15, 0.2) is 5.78 Å². The van der Waals surface area contributed by atoms with Crippen molar-refractivity contribution in [1.82, 2.24) is 0 Å². The first-order valence-electron chi connectivity index (χ1n) is 9.06. The van der Waals surface area contributed by atoms with Crippen LogP contribution in [-0.4, -0.2) is 64.4 Å². The van der Waals surface area contributed by atoms with Crippen molar-refractivity contribution in [3.63, 3.8) is 0 Å². The molecule has 28 heavy (non-hydrogen) atoms. The van der Waals surface area contributed by atoms with Gasteiger partial charge in [0.1, 0.15) is 11.4 Å². The summed E-state index contributed by atoms with van der Waals surface area (Å²) in [6.45, 7) is 0.385. The topological polar surface area (TPSA) is 171 Å². The van der Waals surface area contributed by atoms with Gasteiger partial charge in [0.2, 0.25) is 0 Å². The van der Waals surface area contributed by atoms with E-state index in [4.69, 9.17) is 24.9 Å². The fourth-order valence-electron chi connectivity index (χ4n) is 3.09. The number of Topliss-reactive ketones (excluding diaryl/α,β-unsaturated/α-hetero) is 1. The van der Waals surface area contributed by atoms with Crippen molar-refractivity contribution in [2.24, 2.45) is 11.7 Å². The second kappa shape index (κ2) is 10.6. The Morgan fingerprint density at radius 1 is 1.21 bits per heavy atom. The van der Waals surface area contributed by atoms with Gasteiger partial charge in [0.05, 0.1) is 13.0 Å². The third-order valence-corrected chi connectivity index (χ3v) is 5.66. The largest absolute Gasteiger partial charge is 0.497 e. The van der Waals surface area contributed by atoms with E-state index >= 15 is 0 Å². The van der Waals surface area contributed by atoms with Crippen LogP contribution in [0.25, 0.3) is 0 Å². The third-order valence-electron chi connectivity index (χ3n) is 4.64. The smallest absolute Gasteiger partial charge is 0.492 e. The number of methoxy groups -OCH3 is 1. The minimum Gasteiger partial charge on any atom is -0.497 e. The number of benzene rings is 1. The van der Waals surface area contributed by atoms with E-state index in [2.05, 4.69) is 0 Å². The van der Waals surface area contributed by atoms with Gasteiger partial charge >= 0.3 is 14.8 Å². The summed E-state index contributed by atoms with van der Waals surface area (Å²) in [5, 5.41) is 19.8. The molecule has 0 aliphatic heterocycles. The van der Waals surface area contributed by atoms with E-state index in [1.54, 1.807) is 24.3 Å². The van der Waals surface area contributed by atoms with Crippen molar-refractivity contribution in [3.05, 3.63) is 29.8 Å². The molecule has 2 atom stereocenters. The molecule has 2 rings (SSSR count). The number of rotatable bonds is 7. The number of nitrogens with two attached hydrogens (primary N) is 1. The number of hydrogen-bond donors (Lipinski definition) is 6. The molecular weight excluding hydrogens is 386 g/mol. The number of carbonyl (C=O) groups is 2. The molecule has 1 saturated carbocycles. The van der Waals surface area contributed by atoms with E-state index in [0.717, 1.165) is 6.42 Å². The van der Waals surface area contributed by atoms with Crippen molar-refractivity contribution < 1.29 is 38.9 Å². The molecule has 158 valence electrons. The molecule has 2 unspecified atom stereocenters. The number of carboxylic acids is 1. The lowest BCUT2D eigenvalue weighted by molar-refractivity contribution is -0.151. The van der Waals surface area contributed by atoms with Gasteiger partial charge in [-0.15, -0.1) is 0 Å². The van der Waals surface area contributed by atoms with Crippen LogP contribution in [0.2, 0.25) is 6.04 Å². The fourth-order valence-corrected chi connectivity index (χ4v) is 3.77. The average Bonchev–Trinajstić information content (AvgIpc) is 2.66. The summed E-state index contributed by atoms with van der Waals surface area (Å²) >= 11 is 0. The number of hydrogen-bond acceptors (Lipinski definition) is 8. The van der Waals surface area contributed by atoms with E-state index in [-0.39, 0.29) is 12.5 Å². The Kier molecular flexibility index (Phi) is 9.21.